The molecule has 0 spiro atoms. The molecule has 0 heterocycles. The first-order chi connectivity index (χ1) is 10.2. The molecule has 0 saturated heterocycles. The number of rotatable bonds is 4. The number of aliphatic hydroxyl groups excluding tert-OH is 1. The van der Waals surface area contributed by atoms with E-state index in [4.69, 9.17) is 0 Å². The second-order valence-corrected chi connectivity index (χ2v) is 6.24. The number of benzene rings is 3. The Morgan fingerprint density at radius 3 is 2.33 bits per heavy atom. The number of hydrogen-bond donors (Lipinski definition) is 1. The van der Waals surface area contributed by atoms with E-state index < -0.39 is 0 Å². The fourth-order valence-electron chi connectivity index (χ4n) is 2.69. The molecule has 106 valence electrons. The van der Waals surface area contributed by atoms with Crippen LogP contribution in [0, 0.1) is 0 Å². The Labute approximate surface area is 133 Å². The molecule has 3 rings (SSSR count). The Balaban J connectivity index is 1.77. The summed E-state index contributed by atoms with van der Waals surface area (Å²) in [5.41, 5.74) is 2.36. The fourth-order valence-corrected chi connectivity index (χ4v) is 2.95. The highest BCUT2D eigenvalue weighted by molar-refractivity contribution is 9.10. The molecule has 0 amide bonds. The zero-order valence-corrected chi connectivity index (χ0v) is 13.3. The van der Waals surface area contributed by atoms with Crippen LogP contribution < -0.4 is 0 Å². The molecule has 0 aliphatic rings. The number of halogens is 1. The maximum absolute atomic E-state index is 10.4. The van der Waals surface area contributed by atoms with Gasteiger partial charge in [0.15, 0.2) is 0 Å². The lowest BCUT2D eigenvalue weighted by Crippen LogP contribution is -2.14. The summed E-state index contributed by atoms with van der Waals surface area (Å²) in [7, 11) is 0. The van der Waals surface area contributed by atoms with Crippen LogP contribution in [0.5, 0.6) is 0 Å². The van der Waals surface area contributed by atoms with Gasteiger partial charge in [-0.25, -0.2) is 0 Å². The molecule has 1 N–H and O–H groups in total. The Hall–Kier alpha value is -1.64. The molecule has 0 saturated carbocycles. The molecule has 0 radical (unpaired) electrons. The lowest BCUT2D eigenvalue weighted by atomic mass is 9.97. The number of hydrogen-bond acceptors (Lipinski definition) is 1. The lowest BCUT2D eigenvalue weighted by Gasteiger charge is -2.13. The minimum atomic E-state index is -0.364. The van der Waals surface area contributed by atoms with Crippen molar-refractivity contribution >= 4 is 26.7 Å². The topological polar surface area (TPSA) is 20.2 Å². The zero-order chi connectivity index (χ0) is 14.7. The van der Waals surface area contributed by atoms with Crippen LogP contribution in [-0.2, 0) is 12.8 Å². The smallest absolute Gasteiger partial charge is 0.0621 e. The Morgan fingerprint density at radius 1 is 0.810 bits per heavy atom. The summed E-state index contributed by atoms with van der Waals surface area (Å²) < 4.78 is 1.06. The van der Waals surface area contributed by atoms with E-state index in [1.54, 1.807) is 0 Å². The molecular formula is C19H17BrO. The third kappa shape index (κ3) is 3.52. The van der Waals surface area contributed by atoms with Gasteiger partial charge in [-0.05, 0) is 46.9 Å². The molecular weight excluding hydrogens is 324 g/mol. The second kappa shape index (κ2) is 6.42. The lowest BCUT2D eigenvalue weighted by molar-refractivity contribution is 0.176. The van der Waals surface area contributed by atoms with E-state index in [0.29, 0.717) is 12.8 Å². The molecule has 3 aromatic rings. The third-order valence-corrected chi connectivity index (χ3v) is 4.25. The van der Waals surface area contributed by atoms with Crippen LogP contribution in [0.15, 0.2) is 71.2 Å². The largest absolute Gasteiger partial charge is 0.392 e. The first-order valence-electron chi connectivity index (χ1n) is 7.11. The van der Waals surface area contributed by atoms with Gasteiger partial charge in [0.2, 0.25) is 0 Å². The molecule has 0 bridgehead atoms. The van der Waals surface area contributed by atoms with Crippen molar-refractivity contribution in [1.29, 1.82) is 0 Å². The van der Waals surface area contributed by atoms with Gasteiger partial charge in [0.1, 0.15) is 0 Å². The van der Waals surface area contributed by atoms with Gasteiger partial charge in [0.05, 0.1) is 6.10 Å². The highest BCUT2D eigenvalue weighted by atomic mass is 79.9. The van der Waals surface area contributed by atoms with E-state index in [9.17, 15) is 5.11 Å². The number of fused-ring (bicyclic) bond motifs is 1. The van der Waals surface area contributed by atoms with E-state index >= 15 is 0 Å². The van der Waals surface area contributed by atoms with Crippen molar-refractivity contribution in [2.45, 2.75) is 18.9 Å². The first-order valence-corrected chi connectivity index (χ1v) is 7.91. The summed E-state index contributed by atoms with van der Waals surface area (Å²) in [5, 5.41) is 12.8. The average Bonchev–Trinajstić information content (AvgIpc) is 2.50. The summed E-state index contributed by atoms with van der Waals surface area (Å²) in [6, 6.07) is 22.7. The quantitative estimate of drug-likeness (QED) is 0.726. The third-order valence-electron chi connectivity index (χ3n) is 3.72. The minimum absolute atomic E-state index is 0.364. The van der Waals surface area contributed by atoms with Crippen LogP contribution in [0.25, 0.3) is 10.8 Å². The van der Waals surface area contributed by atoms with Gasteiger partial charge in [-0.1, -0.05) is 70.5 Å². The van der Waals surface area contributed by atoms with Crippen LogP contribution in [0.3, 0.4) is 0 Å². The van der Waals surface area contributed by atoms with E-state index in [0.717, 1.165) is 10.0 Å². The van der Waals surface area contributed by atoms with Crippen LogP contribution >= 0.6 is 15.9 Å². The standard InChI is InChI=1S/C19H17BrO/c20-17-10-8-14(9-11-17)12-18(21)13-16-6-3-5-15-4-1-2-7-19(15)16/h1-11,18,21H,12-13H2. The predicted octanol–water partition coefficient (Wildman–Crippen LogP) is 4.75. The highest BCUT2D eigenvalue weighted by Crippen LogP contribution is 2.21. The van der Waals surface area contributed by atoms with Gasteiger partial charge >= 0.3 is 0 Å². The van der Waals surface area contributed by atoms with Crippen molar-refractivity contribution in [2.75, 3.05) is 0 Å². The van der Waals surface area contributed by atoms with E-state index in [1.807, 2.05) is 24.3 Å². The normalized spacial score (nSPS) is 12.5. The van der Waals surface area contributed by atoms with Gasteiger partial charge in [0, 0.05) is 4.47 Å². The van der Waals surface area contributed by atoms with E-state index in [-0.39, 0.29) is 6.10 Å². The maximum Gasteiger partial charge on any atom is 0.0621 e. The molecule has 0 fully saturated rings. The summed E-state index contributed by atoms with van der Waals surface area (Å²) in [4.78, 5) is 0. The molecule has 1 atom stereocenters. The molecule has 3 aromatic carbocycles. The minimum Gasteiger partial charge on any atom is -0.392 e. The van der Waals surface area contributed by atoms with Crippen LogP contribution in [-0.4, -0.2) is 11.2 Å². The van der Waals surface area contributed by atoms with Gasteiger partial charge < -0.3 is 5.11 Å². The van der Waals surface area contributed by atoms with Crippen molar-refractivity contribution in [1.82, 2.24) is 0 Å². The predicted molar refractivity (Wildman–Crippen MR) is 91.5 cm³/mol. The summed E-state index contributed by atoms with van der Waals surface area (Å²) >= 11 is 3.43. The van der Waals surface area contributed by atoms with Gasteiger partial charge in [-0.2, -0.15) is 0 Å². The number of aliphatic hydroxyl groups is 1. The van der Waals surface area contributed by atoms with Crippen molar-refractivity contribution in [3.8, 4) is 0 Å². The van der Waals surface area contributed by atoms with E-state index in [1.165, 1.54) is 16.3 Å². The van der Waals surface area contributed by atoms with Crippen LogP contribution in [0.4, 0.5) is 0 Å². The molecule has 1 unspecified atom stereocenters. The Morgan fingerprint density at radius 2 is 1.52 bits per heavy atom. The first kappa shape index (κ1) is 14.3. The SMILES string of the molecule is OC(Cc1ccc(Br)cc1)Cc1cccc2ccccc12. The summed E-state index contributed by atoms with van der Waals surface area (Å²) in [6.07, 6.45) is 0.991. The van der Waals surface area contributed by atoms with E-state index in [2.05, 4.69) is 58.4 Å². The molecule has 2 heteroatoms. The van der Waals surface area contributed by atoms with Crippen LogP contribution in [0.2, 0.25) is 0 Å². The fraction of sp³-hybridized carbons (Fsp3) is 0.158. The highest BCUT2D eigenvalue weighted by Gasteiger charge is 2.09. The molecule has 0 aromatic heterocycles. The van der Waals surface area contributed by atoms with Crippen molar-refractivity contribution in [3.63, 3.8) is 0 Å². The van der Waals surface area contributed by atoms with Gasteiger partial charge in [0.25, 0.3) is 0 Å². The molecule has 21 heavy (non-hydrogen) atoms. The second-order valence-electron chi connectivity index (χ2n) is 5.33. The Kier molecular flexibility index (Phi) is 4.37. The Bertz CT molecular complexity index is 729. The molecule has 0 aliphatic carbocycles. The van der Waals surface area contributed by atoms with Crippen molar-refractivity contribution in [2.24, 2.45) is 0 Å². The van der Waals surface area contributed by atoms with Gasteiger partial charge in [-0.15, -0.1) is 0 Å². The van der Waals surface area contributed by atoms with Crippen LogP contribution in [0.1, 0.15) is 11.1 Å². The van der Waals surface area contributed by atoms with Gasteiger partial charge in [-0.3, -0.25) is 0 Å². The summed E-state index contributed by atoms with van der Waals surface area (Å²) in [5.74, 6) is 0. The maximum atomic E-state index is 10.4. The molecule has 1 nitrogen and oxygen atoms in total. The van der Waals surface area contributed by atoms with Crippen molar-refractivity contribution < 1.29 is 5.11 Å². The van der Waals surface area contributed by atoms with Crippen molar-refractivity contribution in [3.05, 3.63) is 82.3 Å². The average molecular weight is 341 g/mol. The molecule has 0 aliphatic heterocycles. The monoisotopic (exact) mass is 340 g/mol. The summed E-state index contributed by atoms with van der Waals surface area (Å²) in [6.45, 7) is 0. The zero-order valence-electron chi connectivity index (χ0n) is 11.7.